The lowest BCUT2D eigenvalue weighted by Gasteiger charge is -2.32. The number of urea groups is 1. The Labute approximate surface area is 122 Å². The van der Waals surface area contributed by atoms with Crippen molar-refractivity contribution in [3.05, 3.63) is 23.7 Å². The highest BCUT2D eigenvalue weighted by Gasteiger charge is 2.45. The summed E-state index contributed by atoms with van der Waals surface area (Å²) >= 11 is 0. The molecule has 0 radical (unpaired) electrons. The van der Waals surface area contributed by atoms with Gasteiger partial charge in [0.1, 0.15) is 17.4 Å². The van der Waals surface area contributed by atoms with E-state index < -0.39 is 23.8 Å². The van der Waals surface area contributed by atoms with Gasteiger partial charge in [-0.05, 0) is 37.8 Å². The van der Waals surface area contributed by atoms with E-state index in [4.69, 9.17) is 4.42 Å². The maximum Gasteiger partial charge on any atom is 0.331 e. The van der Waals surface area contributed by atoms with Crippen molar-refractivity contribution in [1.82, 2.24) is 10.2 Å². The number of aryl methyl sites for hydroxylation is 1. The van der Waals surface area contributed by atoms with Gasteiger partial charge in [-0.2, -0.15) is 0 Å². The summed E-state index contributed by atoms with van der Waals surface area (Å²) in [5.41, 5.74) is 0. The van der Waals surface area contributed by atoms with Gasteiger partial charge in [-0.25, -0.2) is 4.79 Å². The van der Waals surface area contributed by atoms with Crippen LogP contribution in [-0.2, 0) is 16.1 Å². The van der Waals surface area contributed by atoms with E-state index in [-0.39, 0.29) is 12.5 Å². The van der Waals surface area contributed by atoms with Crippen LogP contribution in [0.5, 0.6) is 0 Å². The molecule has 3 rings (SSSR count). The van der Waals surface area contributed by atoms with E-state index in [2.05, 4.69) is 5.32 Å². The Kier molecular flexibility index (Phi) is 3.53. The first-order chi connectivity index (χ1) is 10.1. The average Bonchev–Trinajstić information content (AvgIpc) is 3.06. The van der Waals surface area contributed by atoms with Crippen LogP contribution >= 0.6 is 0 Å². The van der Waals surface area contributed by atoms with E-state index in [1.54, 1.807) is 19.1 Å². The highest BCUT2D eigenvalue weighted by molar-refractivity contribution is 6.16. The number of imide groups is 2. The van der Waals surface area contributed by atoms with Crippen LogP contribution in [0.3, 0.4) is 0 Å². The molecule has 1 saturated carbocycles. The van der Waals surface area contributed by atoms with Crippen LogP contribution < -0.4 is 5.32 Å². The molecule has 1 aliphatic carbocycles. The van der Waals surface area contributed by atoms with Crippen LogP contribution in [0, 0.1) is 18.8 Å². The number of rotatable bonds is 3. The maximum atomic E-state index is 12.5. The van der Waals surface area contributed by atoms with Crippen LogP contribution in [0.2, 0.25) is 0 Å². The third-order valence-corrected chi connectivity index (χ3v) is 4.27. The first kappa shape index (κ1) is 13.9. The van der Waals surface area contributed by atoms with Gasteiger partial charge in [0.15, 0.2) is 0 Å². The second-order valence-corrected chi connectivity index (χ2v) is 5.75. The fourth-order valence-corrected chi connectivity index (χ4v) is 3.21. The quantitative estimate of drug-likeness (QED) is 0.863. The summed E-state index contributed by atoms with van der Waals surface area (Å²) < 4.78 is 5.41. The lowest BCUT2D eigenvalue weighted by molar-refractivity contribution is -0.145. The molecular formula is C15H18N2O4. The van der Waals surface area contributed by atoms with Gasteiger partial charge in [0, 0.05) is 0 Å². The zero-order valence-electron chi connectivity index (χ0n) is 11.9. The van der Waals surface area contributed by atoms with Crippen molar-refractivity contribution in [1.29, 1.82) is 0 Å². The number of carbonyl (C=O) groups is 3. The largest absolute Gasteiger partial charge is 0.464 e. The second-order valence-electron chi connectivity index (χ2n) is 5.75. The van der Waals surface area contributed by atoms with Gasteiger partial charge in [-0.1, -0.05) is 12.8 Å². The highest BCUT2D eigenvalue weighted by atomic mass is 16.3. The van der Waals surface area contributed by atoms with E-state index >= 15 is 0 Å². The molecule has 1 aromatic heterocycles. The van der Waals surface area contributed by atoms with Crippen LogP contribution in [0.15, 0.2) is 16.5 Å². The minimum absolute atomic E-state index is 0.0476. The van der Waals surface area contributed by atoms with Gasteiger partial charge in [0.25, 0.3) is 0 Å². The molecule has 6 heteroatoms. The number of barbiturate groups is 1. The molecule has 1 atom stereocenters. The molecule has 1 saturated heterocycles. The number of amides is 4. The van der Waals surface area contributed by atoms with Gasteiger partial charge >= 0.3 is 6.03 Å². The number of hydrogen-bond acceptors (Lipinski definition) is 4. The Balaban J connectivity index is 1.80. The first-order valence-electron chi connectivity index (χ1n) is 7.28. The highest BCUT2D eigenvalue weighted by Crippen LogP contribution is 2.34. The summed E-state index contributed by atoms with van der Waals surface area (Å²) in [5, 5.41) is 2.30. The van der Waals surface area contributed by atoms with Crippen LogP contribution in [0.25, 0.3) is 0 Å². The van der Waals surface area contributed by atoms with Crippen molar-refractivity contribution in [2.24, 2.45) is 11.8 Å². The summed E-state index contributed by atoms with van der Waals surface area (Å²) in [6.45, 7) is 1.86. The van der Waals surface area contributed by atoms with E-state index in [1.807, 2.05) is 0 Å². The van der Waals surface area contributed by atoms with Crippen LogP contribution in [0.4, 0.5) is 4.79 Å². The predicted molar refractivity (Wildman–Crippen MR) is 73.0 cm³/mol. The number of nitrogens with zero attached hydrogens (tertiary/aromatic N) is 1. The summed E-state index contributed by atoms with van der Waals surface area (Å²) in [4.78, 5) is 37.6. The molecule has 0 bridgehead atoms. The normalized spacial score (nSPS) is 23.8. The summed E-state index contributed by atoms with van der Waals surface area (Å²) in [7, 11) is 0. The minimum Gasteiger partial charge on any atom is -0.464 e. The van der Waals surface area contributed by atoms with Crippen molar-refractivity contribution in [3.63, 3.8) is 0 Å². The van der Waals surface area contributed by atoms with Gasteiger partial charge in [0.2, 0.25) is 11.8 Å². The standard InChI is InChI=1S/C15H18N2O4/c1-9-6-7-11(21-9)8-17-14(19)12(10-4-2-3-5-10)13(18)16-15(17)20/h6-7,10,12H,2-5,8H2,1H3,(H,16,18,20). The lowest BCUT2D eigenvalue weighted by atomic mass is 9.87. The molecule has 2 heterocycles. The monoisotopic (exact) mass is 290 g/mol. The summed E-state index contributed by atoms with van der Waals surface area (Å²) in [5.74, 6) is -0.282. The Hall–Kier alpha value is -2.11. The molecule has 1 unspecified atom stereocenters. The van der Waals surface area contributed by atoms with E-state index in [0.29, 0.717) is 5.76 Å². The topological polar surface area (TPSA) is 79.6 Å². The molecule has 112 valence electrons. The predicted octanol–water partition coefficient (Wildman–Crippen LogP) is 1.97. The zero-order valence-corrected chi connectivity index (χ0v) is 11.9. The zero-order chi connectivity index (χ0) is 15.0. The van der Waals surface area contributed by atoms with Crippen LogP contribution in [0.1, 0.15) is 37.2 Å². The molecule has 6 nitrogen and oxygen atoms in total. The van der Waals surface area contributed by atoms with Gasteiger partial charge in [-0.3, -0.25) is 19.8 Å². The van der Waals surface area contributed by atoms with Crippen molar-refractivity contribution < 1.29 is 18.8 Å². The van der Waals surface area contributed by atoms with Crippen molar-refractivity contribution in [2.45, 2.75) is 39.2 Å². The molecule has 2 fully saturated rings. The lowest BCUT2D eigenvalue weighted by Crippen LogP contribution is -2.58. The van der Waals surface area contributed by atoms with Gasteiger partial charge in [0.05, 0.1) is 6.54 Å². The second kappa shape index (κ2) is 5.35. The molecule has 1 N–H and O–H groups in total. The van der Waals surface area contributed by atoms with E-state index in [1.165, 1.54) is 0 Å². The fourth-order valence-electron chi connectivity index (χ4n) is 3.21. The third-order valence-electron chi connectivity index (χ3n) is 4.27. The van der Waals surface area contributed by atoms with Crippen molar-refractivity contribution in [3.8, 4) is 0 Å². The molecule has 21 heavy (non-hydrogen) atoms. The number of carbonyl (C=O) groups excluding carboxylic acids is 3. The van der Waals surface area contributed by atoms with Gasteiger partial charge in [-0.15, -0.1) is 0 Å². The van der Waals surface area contributed by atoms with Crippen molar-refractivity contribution in [2.75, 3.05) is 0 Å². The molecular weight excluding hydrogens is 272 g/mol. The molecule has 1 aromatic rings. The first-order valence-corrected chi connectivity index (χ1v) is 7.28. The molecule has 0 spiro atoms. The van der Waals surface area contributed by atoms with Crippen molar-refractivity contribution >= 4 is 17.8 Å². The van der Waals surface area contributed by atoms with Crippen LogP contribution in [-0.4, -0.2) is 22.7 Å². The molecule has 4 amide bonds. The Bertz CT molecular complexity index is 586. The number of hydrogen-bond donors (Lipinski definition) is 1. The third kappa shape index (κ3) is 2.57. The molecule has 2 aliphatic rings. The Morgan fingerprint density at radius 1 is 1.24 bits per heavy atom. The minimum atomic E-state index is -0.735. The fraction of sp³-hybridized carbons (Fsp3) is 0.533. The van der Waals surface area contributed by atoms with E-state index in [0.717, 1.165) is 36.3 Å². The van der Waals surface area contributed by atoms with Gasteiger partial charge < -0.3 is 4.42 Å². The summed E-state index contributed by atoms with van der Waals surface area (Å²) in [6.07, 6.45) is 3.80. The Morgan fingerprint density at radius 2 is 1.95 bits per heavy atom. The SMILES string of the molecule is Cc1ccc(CN2C(=O)NC(=O)C(C3CCCC3)C2=O)o1. The smallest absolute Gasteiger partial charge is 0.331 e. The Morgan fingerprint density at radius 3 is 2.57 bits per heavy atom. The average molecular weight is 290 g/mol. The van der Waals surface area contributed by atoms with E-state index in [9.17, 15) is 14.4 Å². The maximum absolute atomic E-state index is 12.5. The number of furan rings is 1. The molecule has 0 aromatic carbocycles. The molecule has 1 aliphatic heterocycles. The number of nitrogens with one attached hydrogen (secondary N) is 1. The summed E-state index contributed by atoms with van der Waals surface area (Å²) in [6, 6.07) is 2.85.